The Bertz CT molecular complexity index is 428. The van der Waals surface area contributed by atoms with Gasteiger partial charge in [0, 0.05) is 23.3 Å². The number of aryl methyl sites for hydroxylation is 1. The van der Waals surface area contributed by atoms with Crippen LogP contribution in [0.5, 0.6) is 0 Å². The van der Waals surface area contributed by atoms with Gasteiger partial charge in [-0.1, -0.05) is 29.8 Å². The fourth-order valence-electron chi connectivity index (χ4n) is 1.36. The van der Waals surface area contributed by atoms with Crippen LogP contribution in [0.4, 0.5) is 0 Å². The largest absolute Gasteiger partial charge is 0.252 e. The number of halogens is 1. The van der Waals surface area contributed by atoms with Crippen molar-refractivity contribution in [3.05, 3.63) is 17.0 Å². The molecule has 0 spiro atoms. The standard InChI is InChI=1S/C10H16BrNO2S2/c1-3-9-5-6-10(15-9)16(13,14)12(4-2)8-7-11/h5-6H,3-4,7-8H2,1-2H3. The molecule has 0 amide bonds. The summed E-state index contributed by atoms with van der Waals surface area (Å²) in [4.78, 5) is 1.11. The molecule has 0 fully saturated rings. The van der Waals surface area contributed by atoms with Crippen molar-refractivity contribution in [3.8, 4) is 0 Å². The fourth-order valence-corrected chi connectivity index (χ4v) is 4.92. The summed E-state index contributed by atoms with van der Waals surface area (Å²) in [5.41, 5.74) is 0. The molecule has 0 aliphatic carbocycles. The molecule has 0 aliphatic rings. The Labute approximate surface area is 110 Å². The molecule has 1 heterocycles. The lowest BCUT2D eigenvalue weighted by Crippen LogP contribution is -2.32. The molecule has 0 N–H and O–H groups in total. The minimum Gasteiger partial charge on any atom is -0.206 e. The number of thiophene rings is 1. The molecule has 0 saturated heterocycles. The Kier molecular flexibility index (Phi) is 5.43. The van der Waals surface area contributed by atoms with Gasteiger partial charge in [0.2, 0.25) is 0 Å². The Morgan fingerprint density at radius 1 is 1.38 bits per heavy atom. The zero-order chi connectivity index (χ0) is 12.2. The Hall–Kier alpha value is 0.0900. The number of nitrogens with zero attached hydrogens (tertiary/aromatic N) is 1. The first kappa shape index (κ1) is 14.2. The summed E-state index contributed by atoms with van der Waals surface area (Å²) in [5, 5.41) is 0.659. The van der Waals surface area contributed by atoms with E-state index in [-0.39, 0.29) is 0 Å². The van der Waals surface area contributed by atoms with Crippen molar-refractivity contribution in [1.29, 1.82) is 0 Å². The highest BCUT2D eigenvalue weighted by molar-refractivity contribution is 9.09. The highest BCUT2D eigenvalue weighted by Crippen LogP contribution is 2.25. The first-order valence-corrected chi connectivity index (χ1v) is 8.58. The molecule has 1 rings (SSSR count). The number of hydrogen-bond acceptors (Lipinski definition) is 3. The van der Waals surface area contributed by atoms with Gasteiger partial charge in [0.05, 0.1) is 0 Å². The second-order valence-corrected chi connectivity index (χ2v) is 7.39. The zero-order valence-corrected chi connectivity index (χ0v) is 12.7. The number of rotatable bonds is 6. The van der Waals surface area contributed by atoms with Crippen molar-refractivity contribution in [3.63, 3.8) is 0 Å². The molecular formula is C10H16BrNO2S2. The predicted octanol–water partition coefficient (Wildman–Crippen LogP) is 2.72. The van der Waals surface area contributed by atoms with Gasteiger partial charge in [0.15, 0.2) is 0 Å². The van der Waals surface area contributed by atoms with Crippen LogP contribution in [-0.4, -0.2) is 31.1 Å². The van der Waals surface area contributed by atoms with Gasteiger partial charge in [0.25, 0.3) is 10.0 Å². The van der Waals surface area contributed by atoms with Crippen LogP contribution in [0.1, 0.15) is 18.7 Å². The van der Waals surface area contributed by atoms with Crippen LogP contribution in [0.25, 0.3) is 0 Å². The van der Waals surface area contributed by atoms with E-state index in [0.717, 1.165) is 11.3 Å². The van der Waals surface area contributed by atoms with E-state index in [1.54, 1.807) is 6.07 Å². The van der Waals surface area contributed by atoms with E-state index >= 15 is 0 Å². The zero-order valence-electron chi connectivity index (χ0n) is 9.44. The maximum absolute atomic E-state index is 12.2. The van der Waals surface area contributed by atoms with Gasteiger partial charge in [0.1, 0.15) is 4.21 Å². The highest BCUT2D eigenvalue weighted by atomic mass is 79.9. The van der Waals surface area contributed by atoms with E-state index in [0.29, 0.717) is 22.6 Å². The van der Waals surface area contributed by atoms with Crippen molar-refractivity contribution in [2.24, 2.45) is 0 Å². The molecule has 16 heavy (non-hydrogen) atoms. The van der Waals surface area contributed by atoms with Gasteiger partial charge in [-0.2, -0.15) is 4.31 Å². The van der Waals surface area contributed by atoms with Crippen LogP contribution in [0.3, 0.4) is 0 Å². The van der Waals surface area contributed by atoms with Crippen LogP contribution in [0.15, 0.2) is 16.3 Å². The summed E-state index contributed by atoms with van der Waals surface area (Å²) in [6.07, 6.45) is 0.880. The molecule has 1 aromatic heterocycles. The van der Waals surface area contributed by atoms with E-state index < -0.39 is 10.0 Å². The first-order valence-electron chi connectivity index (χ1n) is 5.21. The topological polar surface area (TPSA) is 37.4 Å². The minimum atomic E-state index is -3.28. The van der Waals surface area contributed by atoms with E-state index in [2.05, 4.69) is 15.9 Å². The molecule has 0 saturated carbocycles. The van der Waals surface area contributed by atoms with Crippen molar-refractivity contribution >= 4 is 37.3 Å². The summed E-state index contributed by atoms with van der Waals surface area (Å²) < 4.78 is 26.3. The van der Waals surface area contributed by atoms with Gasteiger partial charge < -0.3 is 0 Å². The van der Waals surface area contributed by atoms with E-state index in [1.807, 2.05) is 19.9 Å². The Morgan fingerprint density at radius 3 is 2.50 bits per heavy atom. The molecule has 0 aliphatic heterocycles. The predicted molar refractivity (Wildman–Crippen MR) is 71.9 cm³/mol. The van der Waals surface area contributed by atoms with E-state index in [1.165, 1.54) is 15.6 Å². The van der Waals surface area contributed by atoms with Gasteiger partial charge in [-0.05, 0) is 18.6 Å². The lowest BCUT2D eigenvalue weighted by Gasteiger charge is -2.17. The molecule has 3 nitrogen and oxygen atoms in total. The minimum absolute atomic E-state index is 0.451. The third-order valence-corrected chi connectivity index (χ3v) is 6.29. The monoisotopic (exact) mass is 325 g/mol. The molecule has 0 atom stereocenters. The second kappa shape index (κ2) is 6.14. The molecule has 0 aromatic carbocycles. The second-order valence-electron chi connectivity index (χ2n) is 3.26. The lowest BCUT2D eigenvalue weighted by atomic mass is 10.4. The smallest absolute Gasteiger partial charge is 0.206 e. The molecule has 0 unspecified atom stereocenters. The summed E-state index contributed by atoms with van der Waals surface area (Å²) >= 11 is 4.64. The quantitative estimate of drug-likeness (QED) is 0.754. The van der Waals surface area contributed by atoms with Gasteiger partial charge in [-0.15, -0.1) is 11.3 Å². The van der Waals surface area contributed by atoms with Crippen LogP contribution in [-0.2, 0) is 16.4 Å². The van der Waals surface area contributed by atoms with E-state index in [4.69, 9.17) is 0 Å². The van der Waals surface area contributed by atoms with Crippen molar-refractivity contribution in [2.75, 3.05) is 18.4 Å². The molecule has 0 radical (unpaired) electrons. The average molecular weight is 326 g/mol. The molecule has 0 bridgehead atoms. The summed E-state index contributed by atoms with van der Waals surface area (Å²) in [6.45, 7) is 4.90. The van der Waals surface area contributed by atoms with Crippen molar-refractivity contribution in [1.82, 2.24) is 4.31 Å². The normalized spacial score (nSPS) is 12.2. The third-order valence-electron chi connectivity index (χ3n) is 2.27. The number of hydrogen-bond donors (Lipinski definition) is 0. The lowest BCUT2D eigenvalue weighted by molar-refractivity contribution is 0.450. The molecule has 6 heteroatoms. The number of alkyl halides is 1. The van der Waals surface area contributed by atoms with Crippen LogP contribution in [0, 0.1) is 0 Å². The highest BCUT2D eigenvalue weighted by Gasteiger charge is 2.23. The van der Waals surface area contributed by atoms with E-state index in [9.17, 15) is 8.42 Å². The van der Waals surface area contributed by atoms with Crippen molar-refractivity contribution in [2.45, 2.75) is 24.5 Å². The third kappa shape index (κ3) is 3.06. The van der Waals surface area contributed by atoms with Gasteiger partial charge in [-0.3, -0.25) is 0 Å². The van der Waals surface area contributed by atoms with Crippen molar-refractivity contribution < 1.29 is 8.42 Å². The number of sulfonamides is 1. The molecular weight excluding hydrogens is 310 g/mol. The molecule has 92 valence electrons. The average Bonchev–Trinajstić information content (AvgIpc) is 2.74. The van der Waals surface area contributed by atoms with Gasteiger partial charge in [-0.25, -0.2) is 8.42 Å². The van der Waals surface area contributed by atoms with Crippen LogP contribution >= 0.6 is 27.3 Å². The summed E-state index contributed by atoms with van der Waals surface area (Å²) in [6, 6.07) is 3.59. The van der Waals surface area contributed by atoms with Crippen LogP contribution < -0.4 is 0 Å². The maximum atomic E-state index is 12.2. The van der Waals surface area contributed by atoms with Gasteiger partial charge >= 0.3 is 0 Å². The Balaban J connectivity index is 2.99. The Morgan fingerprint density at radius 2 is 2.06 bits per heavy atom. The summed E-state index contributed by atoms with van der Waals surface area (Å²) in [7, 11) is -3.28. The first-order chi connectivity index (χ1) is 7.56. The fraction of sp³-hybridized carbons (Fsp3) is 0.600. The SMILES string of the molecule is CCc1ccc(S(=O)(=O)N(CC)CCBr)s1. The summed E-state index contributed by atoms with van der Waals surface area (Å²) in [5.74, 6) is 0. The van der Waals surface area contributed by atoms with Crippen LogP contribution in [0.2, 0.25) is 0 Å². The molecule has 1 aromatic rings. The maximum Gasteiger partial charge on any atom is 0.252 e.